The number of aromatic nitrogens is 3. The standard InChI is InChI=1S/C34H28ClN3O/c1-24(2)39-29-18-19-31-30(23-29)33(25-20-21-36-32(35)22-25)37-38(31)34(26-12-6-3-7-13-26,27-14-8-4-9-15-27)28-16-10-5-11-17-28/h3-24H,1-2H3. The number of hydrogen-bond donors (Lipinski definition) is 0. The van der Waals surface area contributed by atoms with Gasteiger partial charge in [0.1, 0.15) is 22.1 Å². The van der Waals surface area contributed by atoms with Crippen LogP contribution in [-0.2, 0) is 5.54 Å². The van der Waals surface area contributed by atoms with Crippen molar-refractivity contribution in [3.05, 3.63) is 149 Å². The number of nitrogens with zero attached hydrogens (tertiary/aromatic N) is 3. The zero-order valence-electron chi connectivity index (χ0n) is 21.8. The molecule has 0 fully saturated rings. The zero-order valence-corrected chi connectivity index (χ0v) is 22.6. The molecule has 192 valence electrons. The van der Waals surface area contributed by atoms with Gasteiger partial charge in [-0.2, -0.15) is 5.10 Å². The molecule has 2 aromatic heterocycles. The van der Waals surface area contributed by atoms with Gasteiger partial charge in [0.05, 0.1) is 11.6 Å². The van der Waals surface area contributed by atoms with Crippen LogP contribution >= 0.6 is 11.6 Å². The summed E-state index contributed by atoms with van der Waals surface area (Å²) in [5, 5.41) is 6.79. The largest absolute Gasteiger partial charge is 0.491 e. The normalized spacial score (nSPS) is 11.7. The fraction of sp³-hybridized carbons (Fsp3) is 0.118. The maximum Gasteiger partial charge on any atom is 0.138 e. The third-order valence-electron chi connectivity index (χ3n) is 6.92. The van der Waals surface area contributed by atoms with Gasteiger partial charge in [0.25, 0.3) is 0 Å². The summed E-state index contributed by atoms with van der Waals surface area (Å²) < 4.78 is 8.27. The second-order valence-electron chi connectivity index (χ2n) is 9.78. The quantitative estimate of drug-likeness (QED) is 0.154. The van der Waals surface area contributed by atoms with Gasteiger partial charge in [0.15, 0.2) is 0 Å². The lowest BCUT2D eigenvalue weighted by Gasteiger charge is -2.37. The van der Waals surface area contributed by atoms with E-state index in [-0.39, 0.29) is 6.10 Å². The first-order valence-corrected chi connectivity index (χ1v) is 13.4. The Morgan fingerprint density at radius 2 is 1.28 bits per heavy atom. The molecule has 39 heavy (non-hydrogen) atoms. The second kappa shape index (κ2) is 10.4. The number of ether oxygens (including phenoxy) is 1. The number of benzene rings is 4. The Balaban J connectivity index is 1.76. The molecule has 0 aliphatic heterocycles. The van der Waals surface area contributed by atoms with Gasteiger partial charge in [-0.15, -0.1) is 0 Å². The van der Waals surface area contributed by atoms with Gasteiger partial charge in [-0.05, 0) is 60.9 Å². The minimum Gasteiger partial charge on any atom is -0.491 e. The van der Waals surface area contributed by atoms with Crippen LogP contribution in [-0.4, -0.2) is 20.9 Å². The highest BCUT2D eigenvalue weighted by atomic mass is 35.5. The maximum absolute atomic E-state index is 6.36. The Labute approximate surface area is 233 Å². The number of rotatable bonds is 7. The van der Waals surface area contributed by atoms with Gasteiger partial charge >= 0.3 is 0 Å². The van der Waals surface area contributed by atoms with Crippen LogP contribution in [0.5, 0.6) is 5.75 Å². The van der Waals surface area contributed by atoms with Crippen LogP contribution in [0.15, 0.2) is 128 Å². The lowest BCUT2D eigenvalue weighted by Crippen LogP contribution is -2.38. The van der Waals surface area contributed by atoms with Gasteiger partial charge < -0.3 is 4.74 Å². The molecule has 0 N–H and O–H groups in total. The third-order valence-corrected chi connectivity index (χ3v) is 7.12. The summed E-state index contributed by atoms with van der Waals surface area (Å²) in [6.07, 6.45) is 1.77. The maximum atomic E-state index is 6.36. The van der Waals surface area contributed by atoms with E-state index in [0.29, 0.717) is 5.15 Å². The molecule has 0 aliphatic rings. The van der Waals surface area contributed by atoms with Gasteiger partial charge in [0, 0.05) is 17.1 Å². The van der Waals surface area contributed by atoms with Gasteiger partial charge in [-0.1, -0.05) is 103 Å². The zero-order chi connectivity index (χ0) is 26.8. The topological polar surface area (TPSA) is 39.9 Å². The fourth-order valence-electron chi connectivity index (χ4n) is 5.37. The molecule has 0 aliphatic carbocycles. The molecule has 4 nitrogen and oxygen atoms in total. The second-order valence-corrected chi connectivity index (χ2v) is 10.2. The SMILES string of the molecule is CC(C)Oc1ccc2c(c1)c(-c1ccnc(Cl)c1)nn2C(c1ccccc1)(c1ccccc1)c1ccccc1. The molecule has 5 heteroatoms. The number of hydrogen-bond acceptors (Lipinski definition) is 3. The summed E-state index contributed by atoms with van der Waals surface area (Å²) in [4.78, 5) is 4.21. The molecule has 6 rings (SSSR count). The van der Waals surface area contributed by atoms with Crippen LogP contribution in [0.4, 0.5) is 0 Å². The van der Waals surface area contributed by atoms with E-state index in [9.17, 15) is 0 Å². The Kier molecular flexibility index (Phi) is 6.64. The first kappa shape index (κ1) is 24.9. The van der Waals surface area contributed by atoms with Crippen LogP contribution in [0, 0.1) is 0 Å². The highest BCUT2D eigenvalue weighted by Gasteiger charge is 2.41. The van der Waals surface area contributed by atoms with E-state index in [1.165, 1.54) is 0 Å². The van der Waals surface area contributed by atoms with E-state index in [0.717, 1.165) is 44.6 Å². The Morgan fingerprint density at radius 3 is 1.79 bits per heavy atom. The molecule has 0 saturated carbocycles. The minimum atomic E-state index is -0.752. The van der Waals surface area contributed by atoms with Crippen molar-refractivity contribution >= 4 is 22.5 Å². The van der Waals surface area contributed by atoms with E-state index in [2.05, 4.69) is 94.6 Å². The van der Waals surface area contributed by atoms with Crippen molar-refractivity contribution in [2.24, 2.45) is 0 Å². The smallest absolute Gasteiger partial charge is 0.138 e. The number of fused-ring (bicyclic) bond motifs is 1. The van der Waals surface area contributed by atoms with E-state index in [1.54, 1.807) is 6.20 Å². The lowest BCUT2D eigenvalue weighted by atomic mass is 9.77. The van der Waals surface area contributed by atoms with Crippen molar-refractivity contribution in [3.8, 4) is 17.0 Å². The molecule has 0 amide bonds. The summed E-state index contributed by atoms with van der Waals surface area (Å²) >= 11 is 6.36. The van der Waals surface area contributed by atoms with Crippen molar-refractivity contribution in [1.82, 2.24) is 14.8 Å². The molecule has 0 unspecified atom stereocenters. The molecule has 0 radical (unpaired) electrons. The highest BCUT2D eigenvalue weighted by molar-refractivity contribution is 6.29. The van der Waals surface area contributed by atoms with Crippen molar-refractivity contribution in [2.45, 2.75) is 25.5 Å². The summed E-state index contributed by atoms with van der Waals surface area (Å²) in [5.41, 5.74) is 5.25. The first-order chi connectivity index (χ1) is 19.1. The van der Waals surface area contributed by atoms with Crippen molar-refractivity contribution < 1.29 is 4.74 Å². The van der Waals surface area contributed by atoms with Crippen LogP contribution in [0.1, 0.15) is 30.5 Å². The van der Waals surface area contributed by atoms with Crippen molar-refractivity contribution in [3.63, 3.8) is 0 Å². The molecule has 6 aromatic rings. The first-order valence-electron chi connectivity index (χ1n) is 13.1. The Morgan fingerprint density at radius 1 is 0.718 bits per heavy atom. The van der Waals surface area contributed by atoms with Crippen LogP contribution in [0.3, 0.4) is 0 Å². The summed E-state index contributed by atoms with van der Waals surface area (Å²) in [5.74, 6) is 0.795. The molecule has 4 aromatic carbocycles. The number of halogens is 1. The van der Waals surface area contributed by atoms with E-state index >= 15 is 0 Å². The van der Waals surface area contributed by atoms with Crippen LogP contribution < -0.4 is 4.74 Å². The number of pyridine rings is 1. The lowest BCUT2D eigenvalue weighted by molar-refractivity contribution is 0.243. The van der Waals surface area contributed by atoms with Crippen molar-refractivity contribution in [2.75, 3.05) is 0 Å². The van der Waals surface area contributed by atoms with E-state index in [1.807, 2.05) is 50.2 Å². The summed E-state index contributed by atoms with van der Waals surface area (Å²) in [6.45, 7) is 4.06. The molecular weight excluding hydrogens is 502 g/mol. The summed E-state index contributed by atoms with van der Waals surface area (Å²) in [6, 6.07) is 41.7. The van der Waals surface area contributed by atoms with Gasteiger partial charge in [-0.3, -0.25) is 0 Å². The fourth-order valence-corrected chi connectivity index (χ4v) is 5.54. The Hall–Kier alpha value is -4.41. The minimum absolute atomic E-state index is 0.0494. The summed E-state index contributed by atoms with van der Waals surface area (Å²) in [7, 11) is 0. The average Bonchev–Trinajstić information content (AvgIpc) is 3.34. The predicted molar refractivity (Wildman–Crippen MR) is 158 cm³/mol. The molecule has 0 bridgehead atoms. The molecule has 0 atom stereocenters. The highest BCUT2D eigenvalue weighted by Crippen LogP contribution is 2.44. The monoisotopic (exact) mass is 529 g/mol. The van der Waals surface area contributed by atoms with Gasteiger partial charge in [-0.25, -0.2) is 9.67 Å². The van der Waals surface area contributed by atoms with Gasteiger partial charge in [0.2, 0.25) is 0 Å². The van der Waals surface area contributed by atoms with E-state index < -0.39 is 5.54 Å². The van der Waals surface area contributed by atoms with Crippen LogP contribution in [0.2, 0.25) is 5.15 Å². The molecule has 0 spiro atoms. The van der Waals surface area contributed by atoms with E-state index in [4.69, 9.17) is 21.4 Å². The Bertz CT molecular complexity index is 1620. The molecule has 0 saturated heterocycles. The van der Waals surface area contributed by atoms with Crippen molar-refractivity contribution in [1.29, 1.82) is 0 Å². The van der Waals surface area contributed by atoms with Crippen LogP contribution in [0.25, 0.3) is 22.2 Å². The predicted octanol–water partition coefficient (Wildman–Crippen LogP) is 8.38. The average molecular weight is 530 g/mol. The third kappa shape index (κ3) is 4.47. The molecular formula is C34H28ClN3O. The molecule has 2 heterocycles.